The number of hydrogen-bond donors (Lipinski definition) is 3. The zero-order valence-corrected chi connectivity index (χ0v) is 11.3. The molecule has 0 amide bonds. The van der Waals surface area contributed by atoms with E-state index in [4.69, 9.17) is 5.11 Å². The number of aliphatic hydroxyl groups is 1. The fourth-order valence-corrected chi connectivity index (χ4v) is 2.17. The van der Waals surface area contributed by atoms with E-state index in [2.05, 4.69) is 5.32 Å². The molecule has 2 atom stereocenters. The van der Waals surface area contributed by atoms with Gasteiger partial charge < -0.3 is 10.2 Å². The normalized spacial score (nSPS) is 15.4. The molecule has 0 bridgehead atoms. The first-order valence-electron chi connectivity index (χ1n) is 5.61. The monoisotopic (exact) mass is 249 g/mol. The van der Waals surface area contributed by atoms with Gasteiger partial charge in [0.1, 0.15) is 6.23 Å². The molecule has 0 aliphatic carbocycles. The van der Waals surface area contributed by atoms with E-state index in [1.54, 1.807) is 11.8 Å². The molecule has 4 nitrogen and oxygen atoms in total. The maximum Gasteiger partial charge on any atom is 0.307 e. The van der Waals surface area contributed by atoms with Crippen molar-refractivity contribution in [3.63, 3.8) is 0 Å². The Morgan fingerprint density at radius 2 is 1.88 bits per heavy atom. The summed E-state index contributed by atoms with van der Waals surface area (Å²) in [6.07, 6.45) is -0.485. The summed E-state index contributed by atoms with van der Waals surface area (Å²) in [5, 5.41) is 21.9. The Labute approximate surface area is 102 Å². The molecule has 0 aliphatic heterocycles. The summed E-state index contributed by atoms with van der Waals surface area (Å²) in [6.45, 7) is 7.91. The zero-order chi connectivity index (χ0) is 12.7. The van der Waals surface area contributed by atoms with E-state index in [-0.39, 0.29) is 12.5 Å². The molecule has 0 saturated heterocycles. The maximum absolute atomic E-state index is 11.0. The molecule has 5 heteroatoms. The molecule has 0 fully saturated rings. The van der Waals surface area contributed by atoms with E-state index in [1.165, 1.54) is 0 Å². The molecule has 3 N–H and O–H groups in total. The first-order chi connectivity index (χ1) is 7.32. The van der Waals surface area contributed by atoms with E-state index in [1.807, 2.05) is 27.7 Å². The van der Waals surface area contributed by atoms with Gasteiger partial charge in [0.15, 0.2) is 0 Å². The molecule has 0 aromatic rings. The maximum atomic E-state index is 11.0. The number of aliphatic hydroxyl groups excluding tert-OH is 1. The minimum absolute atomic E-state index is 0.155. The van der Waals surface area contributed by atoms with Gasteiger partial charge >= 0.3 is 5.97 Å². The van der Waals surface area contributed by atoms with Gasteiger partial charge in [-0.2, -0.15) is 11.8 Å². The average molecular weight is 249 g/mol. The van der Waals surface area contributed by atoms with Crippen LogP contribution < -0.4 is 5.32 Å². The van der Waals surface area contributed by atoms with Crippen LogP contribution in [0.1, 0.15) is 34.1 Å². The highest BCUT2D eigenvalue weighted by atomic mass is 32.2. The van der Waals surface area contributed by atoms with Crippen molar-refractivity contribution in [2.75, 3.05) is 5.75 Å². The quantitative estimate of drug-likeness (QED) is 0.569. The molecule has 0 rings (SSSR count). The second kappa shape index (κ2) is 7.92. The molecular weight excluding hydrogens is 226 g/mol. The molecule has 0 aromatic heterocycles. The average Bonchev–Trinajstić information content (AvgIpc) is 2.09. The lowest BCUT2D eigenvalue weighted by atomic mass is 10.1. The first-order valence-corrected chi connectivity index (χ1v) is 6.66. The van der Waals surface area contributed by atoms with E-state index in [9.17, 15) is 9.90 Å². The third-order valence-electron chi connectivity index (χ3n) is 2.01. The molecule has 0 saturated carbocycles. The van der Waals surface area contributed by atoms with E-state index in [0.29, 0.717) is 11.0 Å². The lowest BCUT2D eigenvalue weighted by Gasteiger charge is -2.20. The zero-order valence-electron chi connectivity index (χ0n) is 10.4. The van der Waals surface area contributed by atoms with E-state index < -0.39 is 18.1 Å². The van der Waals surface area contributed by atoms with Crippen LogP contribution in [-0.4, -0.2) is 39.5 Å². The number of carbonyl (C=O) groups is 1. The largest absolute Gasteiger partial charge is 0.481 e. The second-order valence-electron chi connectivity index (χ2n) is 4.49. The van der Waals surface area contributed by atoms with Crippen molar-refractivity contribution < 1.29 is 15.0 Å². The fraction of sp³-hybridized carbons (Fsp3) is 0.909. The van der Waals surface area contributed by atoms with Gasteiger partial charge in [-0.3, -0.25) is 10.1 Å². The predicted octanol–water partition coefficient (Wildman–Crippen LogP) is 1.54. The molecule has 0 heterocycles. The van der Waals surface area contributed by atoms with Gasteiger partial charge in [0.05, 0.1) is 5.92 Å². The van der Waals surface area contributed by atoms with Crippen LogP contribution in [0.2, 0.25) is 0 Å². The van der Waals surface area contributed by atoms with Crippen LogP contribution in [0, 0.1) is 5.92 Å². The molecule has 0 aliphatic rings. The lowest BCUT2D eigenvalue weighted by molar-refractivity contribution is -0.142. The van der Waals surface area contributed by atoms with Gasteiger partial charge in [-0.05, 0) is 19.1 Å². The third kappa shape index (κ3) is 7.96. The smallest absolute Gasteiger partial charge is 0.307 e. The Morgan fingerprint density at radius 3 is 2.25 bits per heavy atom. The second-order valence-corrected chi connectivity index (χ2v) is 6.10. The Hall–Kier alpha value is -0.260. The van der Waals surface area contributed by atoms with Crippen LogP contribution in [-0.2, 0) is 4.79 Å². The highest BCUT2D eigenvalue weighted by Gasteiger charge is 2.22. The molecule has 0 radical (unpaired) electrons. The van der Waals surface area contributed by atoms with Crippen molar-refractivity contribution in [1.82, 2.24) is 5.32 Å². The summed E-state index contributed by atoms with van der Waals surface area (Å²) < 4.78 is 0. The minimum atomic E-state index is -0.835. The molecule has 0 spiro atoms. The van der Waals surface area contributed by atoms with Crippen molar-refractivity contribution in [3.05, 3.63) is 0 Å². The van der Waals surface area contributed by atoms with Gasteiger partial charge in [0, 0.05) is 18.2 Å². The van der Waals surface area contributed by atoms with E-state index >= 15 is 0 Å². The fourth-order valence-electron chi connectivity index (χ4n) is 1.27. The van der Waals surface area contributed by atoms with Crippen LogP contribution in [0.15, 0.2) is 0 Å². The molecule has 16 heavy (non-hydrogen) atoms. The molecule has 96 valence electrons. The van der Waals surface area contributed by atoms with Crippen molar-refractivity contribution in [3.8, 4) is 0 Å². The summed E-state index contributed by atoms with van der Waals surface area (Å²) in [5.74, 6) is -0.782. The SMILES string of the molecule is CC(C)NC(O)CC(CSC(C)C)C(=O)O. The molecule has 2 unspecified atom stereocenters. The highest BCUT2D eigenvalue weighted by molar-refractivity contribution is 7.99. The number of carboxylic acids is 1. The van der Waals surface area contributed by atoms with Crippen molar-refractivity contribution >= 4 is 17.7 Å². The van der Waals surface area contributed by atoms with Crippen LogP contribution in [0.25, 0.3) is 0 Å². The third-order valence-corrected chi connectivity index (χ3v) is 3.27. The minimum Gasteiger partial charge on any atom is -0.481 e. The van der Waals surface area contributed by atoms with Crippen LogP contribution in [0.5, 0.6) is 0 Å². The van der Waals surface area contributed by atoms with Gasteiger partial charge in [0.2, 0.25) is 0 Å². The summed E-state index contributed by atoms with van der Waals surface area (Å²) in [4.78, 5) is 11.0. The first kappa shape index (κ1) is 15.7. The summed E-state index contributed by atoms with van der Waals surface area (Å²) in [7, 11) is 0. The molecule has 0 aromatic carbocycles. The Morgan fingerprint density at radius 1 is 1.31 bits per heavy atom. The van der Waals surface area contributed by atoms with Crippen LogP contribution in [0.4, 0.5) is 0 Å². The topological polar surface area (TPSA) is 69.6 Å². The number of thioether (sulfide) groups is 1. The van der Waals surface area contributed by atoms with Crippen LogP contribution in [0.3, 0.4) is 0 Å². The number of aliphatic carboxylic acids is 1. The number of carboxylic acid groups (broad SMARTS) is 1. The van der Waals surface area contributed by atoms with Gasteiger partial charge in [-0.25, -0.2) is 0 Å². The number of nitrogens with one attached hydrogen (secondary N) is 1. The summed E-state index contributed by atoms with van der Waals surface area (Å²) in [5.41, 5.74) is 0. The Bertz CT molecular complexity index is 209. The Balaban J connectivity index is 4.07. The van der Waals surface area contributed by atoms with Crippen molar-refractivity contribution in [2.45, 2.75) is 51.6 Å². The lowest BCUT2D eigenvalue weighted by Crippen LogP contribution is -2.37. The highest BCUT2D eigenvalue weighted by Crippen LogP contribution is 2.18. The summed E-state index contributed by atoms with van der Waals surface area (Å²) >= 11 is 1.61. The summed E-state index contributed by atoms with van der Waals surface area (Å²) in [6, 6.07) is 0.155. The number of rotatable bonds is 8. The van der Waals surface area contributed by atoms with Gasteiger partial charge in [0.25, 0.3) is 0 Å². The van der Waals surface area contributed by atoms with Gasteiger partial charge in [-0.15, -0.1) is 0 Å². The Kier molecular flexibility index (Phi) is 7.80. The predicted molar refractivity (Wildman–Crippen MR) is 67.6 cm³/mol. The number of hydrogen-bond acceptors (Lipinski definition) is 4. The van der Waals surface area contributed by atoms with Gasteiger partial charge in [-0.1, -0.05) is 13.8 Å². The van der Waals surface area contributed by atoms with Crippen molar-refractivity contribution in [2.24, 2.45) is 5.92 Å². The standard InChI is InChI=1S/C11H23NO3S/c1-7(2)12-10(13)5-9(11(14)15)6-16-8(3)4/h7-10,12-13H,5-6H2,1-4H3,(H,14,15). The van der Waals surface area contributed by atoms with E-state index in [0.717, 1.165) is 0 Å². The van der Waals surface area contributed by atoms with Crippen molar-refractivity contribution in [1.29, 1.82) is 0 Å². The van der Waals surface area contributed by atoms with Crippen LogP contribution >= 0.6 is 11.8 Å². The molecular formula is C11H23NO3S.